The summed E-state index contributed by atoms with van der Waals surface area (Å²) < 4.78 is 32.9. The molecule has 0 unspecified atom stereocenters. The summed E-state index contributed by atoms with van der Waals surface area (Å²) in [5.41, 5.74) is 1.29. The average Bonchev–Trinajstić information content (AvgIpc) is 2.85. The molecule has 1 saturated carbocycles. The Morgan fingerprint density at radius 2 is 1.65 bits per heavy atom. The highest BCUT2D eigenvalue weighted by atomic mass is 32.2. The molecule has 2 aliphatic heterocycles. The van der Waals surface area contributed by atoms with E-state index in [4.69, 9.17) is 4.74 Å². The normalized spacial score (nSPS) is 24.1. The summed E-state index contributed by atoms with van der Waals surface area (Å²) in [6.07, 6.45) is 8.44. The molecular weight excluding hydrogens is 488 g/mol. The van der Waals surface area contributed by atoms with Crippen LogP contribution in [0.15, 0.2) is 17.0 Å². The molecule has 1 N–H and O–H groups in total. The molecule has 0 aromatic heterocycles. The second-order valence-corrected chi connectivity index (χ2v) is 13.4. The second kappa shape index (κ2) is 12.5. The number of benzene rings is 1. The molecule has 0 bridgehead atoms. The van der Waals surface area contributed by atoms with Gasteiger partial charge in [-0.15, -0.1) is 0 Å². The zero-order valence-corrected chi connectivity index (χ0v) is 24.0. The minimum absolute atomic E-state index is 0.0690. The van der Waals surface area contributed by atoms with Crippen LogP contribution in [0.3, 0.4) is 0 Å². The lowest BCUT2D eigenvalue weighted by atomic mass is 9.87. The molecule has 1 aromatic rings. The number of rotatable bonds is 10. The molecule has 2 saturated heterocycles. The Kier molecular flexibility index (Phi) is 9.53. The van der Waals surface area contributed by atoms with E-state index in [1.165, 1.54) is 56.3 Å². The number of carbonyl (C=O) groups is 1. The Morgan fingerprint density at radius 3 is 2.19 bits per heavy atom. The third kappa shape index (κ3) is 7.05. The van der Waals surface area contributed by atoms with Gasteiger partial charge in [-0.2, -0.15) is 0 Å². The van der Waals surface area contributed by atoms with E-state index in [0.29, 0.717) is 27.8 Å². The van der Waals surface area contributed by atoms with Gasteiger partial charge in [-0.05, 0) is 114 Å². The van der Waals surface area contributed by atoms with Gasteiger partial charge in [0, 0.05) is 38.6 Å². The number of likely N-dealkylation sites (tertiary alicyclic amines) is 2. The van der Waals surface area contributed by atoms with Crippen molar-refractivity contribution in [3.8, 4) is 5.75 Å². The third-order valence-electron chi connectivity index (χ3n) is 8.68. The second-order valence-electron chi connectivity index (χ2n) is 11.4. The zero-order chi connectivity index (χ0) is 26.6. The fraction of sp³-hybridized carbons (Fsp3) is 0.750. The van der Waals surface area contributed by atoms with E-state index in [9.17, 15) is 13.2 Å². The topological polar surface area (TPSA) is 82.2 Å². The summed E-state index contributed by atoms with van der Waals surface area (Å²) in [6.45, 7) is 10.0. The number of hydrogen-bond donors (Lipinski definition) is 1. The van der Waals surface area contributed by atoms with Crippen LogP contribution in [0.5, 0.6) is 5.75 Å². The number of sulfonamides is 1. The van der Waals surface area contributed by atoms with Gasteiger partial charge in [0.25, 0.3) is 0 Å². The Bertz CT molecular complexity index is 1000. The molecule has 3 fully saturated rings. The van der Waals surface area contributed by atoms with Crippen LogP contribution < -0.4 is 10.1 Å². The standard InChI is InChI=1S/C28H46N4O4S/c1-21-18-26(36-4)19-22(2)28(21)37(34,35)30(3)15-12-27(33)29-24-6-8-25(9-7-24)32-16-10-23(11-17-32)20-31-13-5-14-31/h18-19,23-25H,5-17,20H2,1-4H3,(H,29,33). The Morgan fingerprint density at radius 1 is 1.03 bits per heavy atom. The Balaban J connectivity index is 1.18. The lowest BCUT2D eigenvalue weighted by Crippen LogP contribution is -2.48. The molecule has 1 amide bonds. The molecule has 3 aliphatic rings. The van der Waals surface area contributed by atoms with Gasteiger partial charge in [-0.1, -0.05) is 0 Å². The number of ether oxygens (including phenoxy) is 1. The number of aryl methyl sites for hydroxylation is 2. The van der Waals surface area contributed by atoms with Crippen molar-refractivity contribution in [1.82, 2.24) is 19.4 Å². The molecule has 9 heteroatoms. The SMILES string of the molecule is COc1cc(C)c(S(=O)(=O)N(C)CCC(=O)NC2CCC(N3CCC(CN4CCC4)CC3)CC2)c(C)c1. The molecule has 0 spiro atoms. The molecule has 1 aliphatic carbocycles. The number of carbonyl (C=O) groups excluding carboxylic acids is 1. The van der Waals surface area contributed by atoms with Gasteiger partial charge >= 0.3 is 0 Å². The van der Waals surface area contributed by atoms with Gasteiger partial charge in [0.2, 0.25) is 15.9 Å². The summed E-state index contributed by atoms with van der Waals surface area (Å²) in [5.74, 6) is 1.43. The molecule has 2 heterocycles. The number of amides is 1. The fourth-order valence-corrected chi connectivity index (χ4v) is 7.86. The summed E-state index contributed by atoms with van der Waals surface area (Å²) in [5, 5.41) is 3.17. The summed E-state index contributed by atoms with van der Waals surface area (Å²) in [4.78, 5) is 18.2. The maximum Gasteiger partial charge on any atom is 0.243 e. The fourth-order valence-electron chi connectivity index (χ4n) is 6.29. The first-order valence-electron chi connectivity index (χ1n) is 14.0. The Labute approximate surface area is 223 Å². The van der Waals surface area contributed by atoms with Crippen molar-refractivity contribution < 1.29 is 17.9 Å². The first kappa shape index (κ1) is 28.3. The number of nitrogens with one attached hydrogen (secondary N) is 1. The first-order valence-corrected chi connectivity index (χ1v) is 15.5. The quantitative estimate of drug-likeness (QED) is 0.497. The number of methoxy groups -OCH3 is 1. The number of hydrogen-bond acceptors (Lipinski definition) is 6. The summed E-state index contributed by atoms with van der Waals surface area (Å²) >= 11 is 0. The van der Waals surface area contributed by atoms with Crippen LogP contribution in [-0.4, -0.2) is 93.9 Å². The van der Waals surface area contributed by atoms with E-state index < -0.39 is 10.0 Å². The highest BCUT2D eigenvalue weighted by molar-refractivity contribution is 7.89. The van der Waals surface area contributed by atoms with Crippen molar-refractivity contribution in [2.45, 2.75) is 82.2 Å². The molecule has 0 radical (unpaired) electrons. The van der Waals surface area contributed by atoms with Gasteiger partial charge in [0.15, 0.2) is 0 Å². The van der Waals surface area contributed by atoms with E-state index in [1.807, 2.05) is 0 Å². The van der Waals surface area contributed by atoms with Crippen molar-refractivity contribution >= 4 is 15.9 Å². The predicted molar refractivity (Wildman–Crippen MR) is 146 cm³/mol. The van der Waals surface area contributed by atoms with Crippen LogP contribution in [-0.2, 0) is 14.8 Å². The van der Waals surface area contributed by atoms with E-state index in [1.54, 1.807) is 40.1 Å². The largest absolute Gasteiger partial charge is 0.497 e. The van der Waals surface area contributed by atoms with Crippen molar-refractivity contribution in [2.24, 2.45) is 5.92 Å². The molecule has 8 nitrogen and oxygen atoms in total. The van der Waals surface area contributed by atoms with Crippen LogP contribution in [0.2, 0.25) is 0 Å². The van der Waals surface area contributed by atoms with Gasteiger partial charge in [0.05, 0.1) is 12.0 Å². The van der Waals surface area contributed by atoms with Gasteiger partial charge < -0.3 is 19.9 Å². The van der Waals surface area contributed by atoms with Gasteiger partial charge in [-0.3, -0.25) is 4.79 Å². The minimum atomic E-state index is -3.69. The molecule has 37 heavy (non-hydrogen) atoms. The maximum atomic E-state index is 13.2. The van der Waals surface area contributed by atoms with Crippen LogP contribution in [0.1, 0.15) is 62.5 Å². The van der Waals surface area contributed by atoms with Crippen LogP contribution in [0.4, 0.5) is 0 Å². The van der Waals surface area contributed by atoms with Crippen molar-refractivity contribution in [3.63, 3.8) is 0 Å². The van der Waals surface area contributed by atoms with E-state index in [2.05, 4.69) is 15.1 Å². The average molecular weight is 535 g/mol. The monoisotopic (exact) mass is 534 g/mol. The van der Waals surface area contributed by atoms with E-state index >= 15 is 0 Å². The predicted octanol–water partition coefficient (Wildman–Crippen LogP) is 3.17. The molecule has 1 aromatic carbocycles. The maximum absolute atomic E-state index is 13.2. The van der Waals surface area contributed by atoms with Crippen molar-refractivity contribution in [3.05, 3.63) is 23.3 Å². The lowest BCUT2D eigenvalue weighted by Gasteiger charge is -2.42. The summed E-state index contributed by atoms with van der Waals surface area (Å²) in [7, 11) is -0.581. The van der Waals surface area contributed by atoms with Gasteiger partial charge in [0.1, 0.15) is 5.75 Å². The molecule has 208 valence electrons. The molecule has 4 rings (SSSR count). The Hall–Kier alpha value is -1.68. The van der Waals surface area contributed by atoms with Crippen molar-refractivity contribution in [1.29, 1.82) is 0 Å². The van der Waals surface area contributed by atoms with E-state index in [-0.39, 0.29) is 24.9 Å². The number of nitrogens with zero attached hydrogens (tertiary/aromatic N) is 3. The molecule has 0 atom stereocenters. The van der Waals surface area contributed by atoms with E-state index in [0.717, 1.165) is 31.6 Å². The van der Waals surface area contributed by atoms with Crippen LogP contribution in [0, 0.1) is 19.8 Å². The first-order chi connectivity index (χ1) is 17.7. The highest BCUT2D eigenvalue weighted by Gasteiger charge is 2.31. The zero-order valence-electron chi connectivity index (χ0n) is 23.2. The number of piperidine rings is 1. The minimum Gasteiger partial charge on any atom is -0.497 e. The molecular formula is C28H46N4O4S. The summed E-state index contributed by atoms with van der Waals surface area (Å²) in [6, 6.07) is 4.30. The third-order valence-corrected chi connectivity index (χ3v) is 10.8. The van der Waals surface area contributed by atoms with Gasteiger partial charge in [-0.25, -0.2) is 12.7 Å². The van der Waals surface area contributed by atoms with Crippen LogP contribution >= 0.6 is 0 Å². The lowest BCUT2D eigenvalue weighted by molar-refractivity contribution is -0.122. The van der Waals surface area contributed by atoms with Crippen molar-refractivity contribution in [2.75, 3.05) is 53.4 Å². The highest BCUT2D eigenvalue weighted by Crippen LogP contribution is 2.29. The van der Waals surface area contributed by atoms with Crippen LogP contribution in [0.25, 0.3) is 0 Å². The smallest absolute Gasteiger partial charge is 0.243 e.